The minimum atomic E-state index is -0.0335. The second-order valence-electron chi connectivity index (χ2n) is 6.02. The van der Waals surface area contributed by atoms with E-state index in [1.54, 1.807) is 11.8 Å². The molecule has 0 bridgehead atoms. The summed E-state index contributed by atoms with van der Waals surface area (Å²) >= 11 is 1.76. The monoisotopic (exact) mass is 312 g/mol. The molecule has 3 aliphatic rings. The van der Waals surface area contributed by atoms with Crippen LogP contribution in [0.25, 0.3) is 0 Å². The lowest BCUT2D eigenvalue weighted by Gasteiger charge is -2.36. The van der Waals surface area contributed by atoms with Crippen molar-refractivity contribution in [3.05, 3.63) is 0 Å². The molecule has 0 spiro atoms. The largest absolute Gasteiger partial charge is 0.338 e. The predicted octanol–water partition coefficient (Wildman–Crippen LogP) is 0.445. The summed E-state index contributed by atoms with van der Waals surface area (Å²) in [5.41, 5.74) is 0. The molecule has 1 saturated carbocycles. The third-order valence-electron chi connectivity index (χ3n) is 4.58. The number of piperazine rings is 1. The van der Waals surface area contributed by atoms with Gasteiger partial charge in [0.15, 0.2) is 0 Å². The highest BCUT2D eigenvalue weighted by atomic mass is 32.2. The van der Waals surface area contributed by atoms with Gasteiger partial charge in [0.1, 0.15) is 0 Å². The fourth-order valence-electron chi connectivity index (χ4n) is 3.24. The van der Waals surface area contributed by atoms with E-state index in [2.05, 4.69) is 10.6 Å². The number of hydrogen-bond acceptors (Lipinski definition) is 4. The zero-order valence-electron chi connectivity index (χ0n) is 12.3. The quantitative estimate of drug-likeness (QED) is 0.777. The highest BCUT2D eigenvalue weighted by Gasteiger charge is 2.31. The van der Waals surface area contributed by atoms with Gasteiger partial charge in [0.05, 0.1) is 6.04 Å². The van der Waals surface area contributed by atoms with Gasteiger partial charge < -0.3 is 15.1 Å². The van der Waals surface area contributed by atoms with Gasteiger partial charge in [0.25, 0.3) is 0 Å². The van der Waals surface area contributed by atoms with Crippen molar-refractivity contribution in [1.82, 2.24) is 20.4 Å². The van der Waals surface area contributed by atoms with E-state index in [1.165, 1.54) is 12.8 Å². The van der Waals surface area contributed by atoms with Gasteiger partial charge in [-0.1, -0.05) is 12.8 Å². The lowest BCUT2D eigenvalue weighted by atomic mass is 10.2. The minimum absolute atomic E-state index is 0.0335. The number of amides is 3. The summed E-state index contributed by atoms with van der Waals surface area (Å²) in [6.45, 7) is 2.59. The molecule has 2 N–H and O–H groups in total. The van der Waals surface area contributed by atoms with Crippen molar-refractivity contribution in [3.63, 3.8) is 0 Å². The maximum atomic E-state index is 12.3. The van der Waals surface area contributed by atoms with Crippen molar-refractivity contribution < 1.29 is 9.59 Å². The zero-order valence-corrected chi connectivity index (χ0v) is 13.2. The van der Waals surface area contributed by atoms with Crippen LogP contribution in [0, 0.1) is 0 Å². The molecule has 2 heterocycles. The molecule has 3 rings (SSSR count). The normalized spacial score (nSPS) is 27.1. The molecule has 2 aliphatic heterocycles. The first-order valence-corrected chi connectivity index (χ1v) is 9.05. The Balaban J connectivity index is 1.43. The molecular formula is C14H24N4O2S. The van der Waals surface area contributed by atoms with Crippen LogP contribution in [-0.4, -0.2) is 71.6 Å². The molecule has 0 radical (unpaired) electrons. The van der Waals surface area contributed by atoms with E-state index in [4.69, 9.17) is 0 Å². The second-order valence-corrected chi connectivity index (χ2v) is 7.05. The van der Waals surface area contributed by atoms with Gasteiger partial charge in [0, 0.05) is 43.9 Å². The summed E-state index contributed by atoms with van der Waals surface area (Å²) in [5, 5.41) is 6.33. The van der Waals surface area contributed by atoms with Crippen molar-refractivity contribution in [1.29, 1.82) is 0 Å². The second kappa shape index (κ2) is 6.87. The maximum Gasteiger partial charge on any atom is 0.317 e. The summed E-state index contributed by atoms with van der Waals surface area (Å²) in [6.07, 6.45) is 4.66. The molecule has 2 saturated heterocycles. The number of nitrogens with zero attached hydrogens (tertiary/aromatic N) is 2. The number of rotatable bonds is 2. The van der Waals surface area contributed by atoms with Gasteiger partial charge in [-0.3, -0.25) is 10.1 Å². The van der Waals surface area contributed by atoms with Gasteiger partial charge in [-0.05, 0) is 12.8 Å². The van der Waals surface area contributed by atoms with E-state index >= 15 is 0 Å². The van der Waals surface area contributed by atoms with Crippen molar-refractivity contribution in [2.45, 2.75) is 37.8 Å². The van der Waals surface area contributed by atoms with Gasteiger partial charge in [-0.15, -0.1) is 11.8 Å². The van der Waals surface area contributed by atoms with Crippen molar-refractivity contribution in [2.75, 3.05) is 37.8 Å². The van der Waals surface area contributed by atoms with Crippen LogP contribution in [0.3, 0.4) is 0 Å². The number of hydrogen-bond donors (Lipinski definition) is 2. The molecule has 21 heavy (non-hydrogen) atoms. The summed E-state index contributed by atoms with van der Waals surface area (Å²) in [4.78, 5) is 28.2. The third kappa shape index (κ3) is 3.63. The molecule has 0 aromatic heterocycles. The van der Waals surface area contributed by atoms with Crippen LogP contribution < -0.4 is 10.6 Å². The lowest BCUT2D eigenvalue weighted by molar-refractivity contribution is -0.134. The summed E-state index contributed by atoms with van der Waals surface area (Å²) < 4.78 is 0. The van der Waals surface area contributed by atoms with Crippen molar-refractivity contribution in [2.24, 2.45) is 0 Å². The highest BCUT2D eigenvalue weighted by Crippen LogP contribution is 2.18. The van der Waals surface area contributed by atoms with E-state index in [-0.39, 0.29) is 18.0 Å². The topological polar surface area (TPSA) is 64.7 Å². The first-order chi connectivity index (χ1) is 10.2. The first kappa shape index (κ1) is 15.0. The zero-order chi connectivity index (χ0) is 14.7. The summed E-state index contributed by atoms with van der Waals surface area (Å²) in [7, 11) is 0. The number of carbonyl (C=O) groups excluding carboxylic acids is 2. The van der Waals surface area contributed by atoms with Gasteiger partial charge >= 0.3 is 6.03 Å². The number of nitrogens with one attached hydrogen (secondary N) is 2. The molecule has 1 aliphatic carbocycles. The molecular weight excluding hydrogens is 288 g/mol. The Bertz CT molecular complexity index is 386. The van der Waals surface area contributed by atoms with E-state index in [1.807, 2.05) is 9.80 Å². The van der Waals surface area contributed by atoms with E-state index in [9.17, 15) is 9.59 Å². The standard InChI is InChI=1S/C14H24N4O2S/c19-13(12-9-21-10-15-12)17-5-7-18(8-6-17)14(20)16-11-3-1-2-4-11/h11-12,15H,1-10H2,(H,16,20). The molecule has 118 valence electrons. The van der Waals surface area contributed by atoms with Crippen LogP contribution in [0.5, 0.6) is 0 Å². The Morgan fingerprint density at radius 3 is 2.33 bits per heavy atom. The highest BCUT2D eigenvalue weighted by molar-refractivity contribution is 7.99. The number of carbonyl (C=O) groups is 2. The molecule has 1 atom stereocenters. The summed E-state index contributed by atoms with van der Waals surface area (Å²) in [6, 6.07) is 0.370. The van der Waals surface area contributed by atoms with Crippen LogP contribution in [-0.2, 0) is 4.79 Å². The Morgan fingerprint density at radius 2 is 1.71 bits per heavy atom. The summed E-state index contributed by atoms with van der Waals surface area (Å²) in [5.74, 6) is 1.91. The van der Waals surface area contributed by atoms with Crippen molar-refractivity contribution in [3.8, 4) is 0 Å². The van der Waals surface area contributed by atoms with Crippen LogP contribution in [0.4, 0.5) is 4.79 Å². The average Bonchev–Trinajstić information content (AvgIpc) is 3.20. The Hall–Kier alpha value is -0.950. The Morgan fingerprint density at radius 1 is 1.05 bits per heavy atom. The fraction of sp³-hybridized carbons (Fsp3) is 0.857. The van der Waals surface area contributed by atoms with Crippen LogP contribution in [0.15, 0.2) is 0 Å². The fourth-order valence-corrected chi connectivity index (χ4v) is 4.17. The Labute approximate surface area is 130 Å². The maximum absolute atomic E-state index is 12.3. The molecule has 6 nitrogen and oxygen atoms in total. The van der Waals surface area contributed by atoms with Gasteiger partial charge in [0.2, 0.25) is 5.91 Å². The van der Waals surface area contributed by atoms with E-state index < -0.39 is 0 Å². The van der Waals surface area contributed by atoms with Gasteiger partial charge in [-0.25, -0.2) is 4.79 Å². The minimum Gasteiger partial charge on any atom is -0.338 e. The average molecular weight is 312 g/mol. The van der Waals surface area contributed by atoms with Crippen LogP contribution >= 0.6 is 11.8 Å². The third-order valence-corrected chi connectivity index (χ3v) is 5.52. The SMILES string of the molecule is O=C(NC1CCCC1)N1CCN(C(=O)C2CSCN2)CC1. The van der Waals surface area contributed by atoms with Crippen molar-refractivity contribution >= 4 is 23.7 Å². The molecule has 3 fully saturated rings. The van der Waals surface area contributed by atoms with E-state index in [0.29, 0.717) is 32.2 Å². The molecule has 0 aromatic rings. The predicted molar refractivity (Wildman–Crippen MR) is 83.2 cm³/mol. The smallest absolute Gasteiger partial charge is 0.317 e. The van der Waals surface area contributed by atoms with Gasteiger partial charge in [-0.2, -0.15) is 0 Å². The molecule has 1 unspecified atom stereocenters. The van der Waals surface area contributed by atoms with Crippen LogP contribution in [0.2, 0.25) is 0 Å². The number of thioether (sulfide) groups is 1. The molecule has 3 amide bonds. The van der Waals surface area contributed by atoms with E-state index in [0.717, 1.165) is 24.5 Å². The molecule has 0 aromatic carbocycles. The first-order valence-electron chi connectivity index (χ1n) is 7.89. The Kier molecular flexibility index (Phi) is 4.90. The lowest BCUT2D eigenvalue weighted by Crippen LogP contribution is -2.56. The molecule has 7 heteroatoms. The number of urea groups is 1. The van der Waals surface area contributed by atoms with Crippen LogP contribution in [0.1, 0.15) is 25.7 Å².